The minimum atomic E-state index is -1.01. The van der Waals surface area contributed by atoms with E-state index in [1.54, 1.807) is 12.1 Å². The Hall–Kier alpha value is -1.66. The second-order valence-corrected chi connectivity index (χ2v) is 6.52. The minimum absolute atomic E-state index is 0.0900. The van der Waals surface area contributed by atoms with Gasteiger partial charge >= 0.3 is 5.97 Å². The van der Waals surface area contributed by atoms with Gasteiger partial charge in [-0.3, -0.25) is 14.5 Å². The van der Waals surface area contributed by atoms with Crippen LogP contribution in [0.4, 0.5) is 4.39 Å². The van der Waals surface area contributed by atoms with Crippen molar-refractivity contribution in [2.24, 2.45) is 0 Å². The van der Waals surface area contributed by atoms with Crippen LogP contribution >= 0.6 is 11.6 Å². The number of likely N-dealkylation sites (tertiary alicyclic amines) is 1. The van der Waals surface area contributed by atoms with Gasteiger partial charge in [-0.1, -0.05) is 23.7 Å². The van der Waals surface area contributed by atoms with Crippen LogP contribution in [-0.2, 0) is 16.1 Å². The monoisotopic (exact) mass is 356 g/mol. The molecule has 0 radical (unpaired) electrons. The second-order valence-electron chi connectivity index (χ2n) is 6.11. The predicted molar refractivity (Wildman–Crippen MR) is 89.3 cm³/mol. The summed E-state index contributed by atoms with van der Waals surface area (Å²) in [6, 6.07) is 4.88. The molecule has 1 saturated heterocycles. The molecule has 0 saturated carbocycles. The summed E-state index contributed by atoms with van der Waals surface area (Å²) in [6.45, 7) is 3.04. The highest BCUT2D eigenvalue weighted by molar-refractivity contribution is 6.30. The predicted octanol–water partition coefficient (Wildman–Crippen LogP) is 2.77. The number of carbonyl (C=O) groups is 2. The molecule has 1 aliphatic rings. The van der Waals surface area contributed by atoms with Gasteiger partial charge in [0.1, 0.15) is 12.4 Å². The van der Waals surface area contributed by atoms with E-state index < -0.39 is 11.8 Å². The maximum absolute atomic E-state index is 14.0. The molecular weight excluding hydrogens is 335 g/mol. The quantitative estimate of drug-likeness (QED) is 0.881. The molecule has 0 aromatic heterocycles. The third kappa shape index (κ3) is 4.92. The number of carboxylic acids is 1. The Bertz CT molecular complexity index is 611. The van der Waals surface area contributed by atoms with Crippen molar-refractivity contribution in [2.75, 3.05) is 19.6 Å². The lowest BCUT2D eigenvalue weighted by Crippen LogP contribution is -2.42. The van der Waals surface area contributed by atoms with Crippen LogP contribution in [0.2, 0.25) is 5.02 Å². The fraction of sp³-hybridized carbons (Fsp3) is 0.529. The number of halogens is 2. The summed E-state index contributed by atoms with van der Waals surface area (Å²) in [5.41, 5.74) is 0.551. The lowest BCUT2D eigenvalue weighted by atomic mass is 10.1. The molecule has 132 valence electrons. The van der Waals surface area contributed by atoms with Crippen LogP contribution in [0.25, 0.3) is 0 Å². The SMILES string of the molecule is CC(=O)N(CC(=O)O)C1CCCN(Cc2cccc(Cl)c2F)CC1. The normalized spacial score (nSPS) is 18.9. The average Bonchev–Trinajstić information content (AvgIpc) is 2.74. The summed E-state index contributed by atoms with van der Waals surface area (Å²) in [5.74, 6) is -1.62. The van der Waals surface area contributed by atoms with E-state index in [0.29, 0.717) is 25.1 Å². The second kappa shape index (κ2) is 8.44. The standard InChI is InChI=1S/C17H22ClFN2O3/c1-12(22)21(11-16(23)24)14-5-3-8-20(9-7-14)10-13-4-2-6-15(18)17(13)19/h2,4,6,14H,3,5,7-11H2,1H3,(H,23,24). The van der Waals surface area contributed by atoms with Gasteiger partial charge in [0, 0.05) is 31.6 Å². The van der Waals surface area contributed by atoms with E-state index in [0.717, 1.165) is 19.4 Å². The molecule has 1 unspecified atom stereocenters. The number of nitrogens with zero attached hydrogens (tertiary/aromatic N) is 2. The maximum atomic E-state index is 14.0. The largest absolute Gasteiger partial charge is 0.480 e. The summed E-state index contributed by atoms with van der Waals surface area (Å²) >= 11 is 5.82. The topological polar surface area (TPSA) is 60.9 Å². The Morgan fingerprint density at radius 2 is 2.12 bits per heavy atom. The van der Waals surface area contributed by atoms with E-state index in [1.165, 1.54) is 17.9 Å². The zero-order chi connectivity index (χ0) is 17.7. The average molecular weight is 357 g/mol. The van der Waals surface area contributed by atoms with Crippen LogP contribution in [0.1, 0.15) is 31.7 Å². The Morgan fingerprint density at radius 3 is 2.79 bits per heavy atom. The summed E-state index contributed by atoms with van der Waals surface area (Å²) in [7, 11) is 0. The zero-order valence-corrected chi connectivity index (χ0v) is 14.4. The molecule has 0 aliphatic carbocycles. The van der Waals surface area contributed by atoms with Crippen molar-refractivity contribution in [3.8, 4) is 0 Å². The number of aliphatic carboxylic acids is 1. The van der Waals surface area contributed by atoms with Crippen LogP contribution in [-0.4, -0.2) is 52.5 Å². The molecule has 5 nitrogen and oxygen atoms in total. The molecular formula is C17H22ClFN2O3. The number of carbonyl (C=O) groups excluding carboxylic acids is 1. The molecule has 7 heteroatoms. The molecule has 0 spiro atoms. The van der Waals surface area contributed by atoms with Gasteiger partial charge in [0.15, 0.2) is 0 Å². The molecule has 1 aliphatic heterocycles. The molecule has 1 N–H and O–H groups in total. The Morgan fingerprint density at radius 1 is 1.38 bits per heavy atom. The van der Waals surface area contributed by atoms with E-state index >= 15 is 0 Å². The van der Waals surface area contributed by atoms with Crippen molar-refractivity contribution in [1.29, 1.82) is 0 Å². The van der Waals surface area contributed by atoms with Crippen LogP contribution in [0.15, 0.2) is 18.2 Å². The summed E-state index contributed by atoms with van der Waals surface area (Å²) < 4.78 is 14.0. The van der Waals surface area contributed by atoms with E-state index in [-0.39, 0.29) is 23.5 Å². The van der Waals surface area contributed by atoms with Gasteiger partial charge in [-0.2, -0.15) is 0 Å². The highest BCUT2D eigenvalue weighted by Crippen LogP contribution is 2.22. The fourth-order valence-electron chi connectivity index (χ4n) is 3.16. The number of carboxylic acid groups (broad SMARTS) is 1. The van der Waals surface area contributed by atoms with E-state index in [1.807, 2.05) is 0 Å². The highest BCUT2D eigenvalue weighted by Gasteiger charge is 2.26. The molecule has 1 amide bonds. The van der Waals surface area contributed by atoms with Gasteiger partial charge in [0.25, 0.3) is 0 Å². The molecule has 0 bridgehead atoms. The lowest BCUT2D eigenvalue weighted by Gasteiger charge is -2.29. The maximum Gasteiger partial charge on any atom is 0.323 e. The van der Waals surface area contributed by atoms with Crippen molar-refractivity contribution < 1.29 is 19.1 Å². The Labute approximate surface area is 146 Å². The van der Waals surface area contributed by atoms with E-state index in [2.05, 4.69) is 4.90 Å². The highest BCUT2D eigenvalue weighted by atomic mass is 35.5. The van der Waals surface area contributed by atoms with E-state index in [9.17, 15) is 14.0 Å². The molecule has 1 aromatic carbocycles. The third-order valence-corrected chi connectivity index (χ3v) is 4.66. The van der Waals surface area contributed by atoms with Crippen molar-refractivity contribution in [1.82, 2.24) is 9.80 Å². The summed E-state index contributed by atoms with van der Waals surface area (Å²) in [4.78, 5) is 26.2. The molecule has 1 aromatic rings. The Kier molecular flexibility index (Phi) is 6.57. The van der Waals surface area contributed by atoms with Gasteiger partial charge < -0.3 is 10.0 Å². The first-order valence-corrected chi connectivity index (χ1v) is 8.40. The summed E-state index contributed by atoms with van der Waals surface area (Å²) in [6.07, 6.45) is 2.26. The number of hydrogen-bond donors (Lipinski definition) is 1. The van der Waals surface area contributed by atoms with Gasteiger partial charge in [-0.25, -0.2) is 4.39 Å². The number of amides is 1. The first-order valence-electron chi connectivity index (χ1n) is 8.02. The minimum Gasteiger partial charge on any atom is -0.480 e. The van der Waals surface area contributed by atoms with Crippen molar-refractivity contribution in [2.45, 2.75) is 38.8 Å². The van der Waals surface area contributed by atoms with Gasteiger partial charge in [-0.05, 0) is 31.9 Å². The van der Waals surface area contributed by atoms with Crippen LogP contribution in [0, 0.1) is 5.82 Å². The molecule has 1 heterocycles. The van der Waals surface area contributed by atoms with Crippen LogP contribution < -0.4 is 0 Å². The molecule has 2 rings (SSSR count). The van der Waals surface area contributed by atoms with E-state index in [4.69, 9.17) is 16.7 Å². The van der Waals surface area contributed by atoms with Crippen molar-refractivity contribution >= 4 is 23.5 Å². The molecule has 1 fully saturated rings. The van der Waals surface area contributed by atoms with Gasteiger partial charge in [-0.15, -0.1) is 0 Å². The lowest BCUT2D eigenvalue weighted by molar-refractivity contribution is -0.145. The number of rotatable bonds is 5. The van der Waals surface area contributed by atoms with Crippen LogP contribution in [0.5, 0.6) is 0 Å². The van der Waals surface area contributed by atoms with Gasteiger partial charge in [0.2, 0.25) is 5.91 Å². The number of hydrogen-bond acceptors (Lipinski definition) is 3. The molecule has 24 heavy (non-hydrogen) atoms. The van der Waals surface area contributed by atoms with Crippen molar-refractivity contribution in [3.63, 3.8) is 0 Å². The Balaban J connectivity index is 2.00. The zero-order valence-electron chi connectivity index (χ0n) is 13.7. The summed E-state index contributed by atoms with van der Waals surface area (Å²) in [5, 5.41) is 9.09. The van der Waals surface area contributed by atoms with Gasteiger partial charge in [0.05, 0.1) is 5.02 Å². The third-order valence-electron chi connectivity index (χ3n) is 4.37. The first-order chi connectivity index (χ1) is 11.4. The smallest absolute Gasteiger partial charge is 0.323 e. The van der Waals surface area contributed by atoms with Crippen molar-refractivity contribution in [3.05, 3.63) is 34.6 Å². The number of benzene rings is 1. The van der Waals surface area contributed by atoms with Crippen LogP contribution in [0.3, 0.4) is 0 Å². The fourth-order valence-corrected chi connectivity index (χ4v) is 3.36. The molecule has 1 atom stereocenters. The first kappa shape index (κ1) is 18.7.